The number of benzene rings is 1. The lowest BCUT2D eigenvalue weighted by Crippen LogP contribution is -2.06. The molecule has 0 aliphatic heterocycles. The van der Waals surface area contributed by atoms with Crippen LogP contribution in [0.5, 0.6) is 0 Å². The summed E-state index contributed by atoms with van der Waals surface area (Å²) >= 11 is 0. The molecule has 0 aliphatic rings. The van der Waals surface area contributed by atoms with Gasteiger partial charge < -0.3 is 14.4 Å². The van der Waals surface area contributed by atoms with Crippen LogP contribution in [0.25, 0.3) is 11.5 Å². The Hall–Kier alpha value is -2.70. The van der Waals surface area contributed by atoms with Crippen molar-refractivity contribution in [3.05, 3.63) is 42.0 Å². The fraction of sp³-hybridized carbons (Fsp3) is 0.231. The molecule has 0 spiro atoms. The van der Waals surface area contributed by atoms with E-state index in [1.165, 1.54) is 0 Å². The highest BCUT2D eigenvalue weighted by Crippen LogP contribution is 2.17. The van der Waals surface area contributed by atoms with Crippen LogP contribution in [0.15, 0.2) is 39.4 Å². The number of nitrogens with zero attached hydrogens (tertiary/aromatic N) is 4. The van der Waals surface area contributed by atoms with Crippen molar-refractivity contribution in [3.8, 4) is 11.5 Å². The van der Waals surface area contributed by atoms with Gasteiger partial charge in [0.2, 0.25) is 5.89 Å². The van der Waals surface area contributed by atoms with Gasteiger partial charge in [-0.05, 0) is 24.2 Å². The first-order valence-corrected chi connectivity index (χ1v) is 6.23. The molecule has 7 heteroatoms. The molecule has 0 atom stereocenters. The number of anilines is 1. The van der Waals surface area contributed by atoms with Crippen LogP contribution in [0.3, 0.4) is 0 Å². The second-order valence-corrected chi connectivity index (χ2v) is 4.20. The molecule has 0 radical (unpaired) electrons. The maximum atomic E-state index is 5.18. The van der Waals surface area contributed by atoms with Crippen molar-refractivity contribution < 1.29 is 9.05 Å². The highest BCUT2D eigenvalue weighted by atomic mass is 16.5. The van der Waals surface area contributed by atoms with Gasteiger partial charge in [0.1, 0.15) is 0 Å². The van der Waals surface area contributed by atoms with E-state index in [2.05, 4.69) is 25.6 Å². The number of hydrogen-bond donors (Lipinski definition) is 1. The van der Waals surface area contributed by atoms with E-state index < -0.39 is 0 Å². The second kappa shape index (κ2) is 5.52. The van der Waals surface area contributed by atoms with E-state index in [4.69, 9.17) is 9.05 Å². The van der Waals surface area contributed by atoms with Crippen LogP contribution in [0, 0.1) is 6.92 Å². The molecule has 3 aromatic rings. The fourth-order valence-electron chi connectivity index (χ4n) is 1.72. The molecule has 0 unspecified atom stereocenters. The molecule has 3 rings (SSSR count). The predicted molar refractivity (Wildman–Crippen MR) is 71.0 cm³/mol. The average Bonchev–Trinajstić information content (AvgIpc) is 3.09. The molecule has 0 saturated carbocycles. The lowest BCUT2D eigenvalue weighted by Gasteiger charge is -1.96. The highest BCUT2D eigenvalue weighted by Gasteiger charge is 2.08. The van der Waals surface area contributed by atoms with Crippen molar-refractivity contribution in [3.63, 3.8) is 0 Å². The molecule has 2 aromatic heterocycles. The molecule has 20 heavy (non-hydrogen) atoms. The Morgan fingerprint density at radius 2 is 1.90 bits per heavy atom. The Labute approximate surface area is 115 Å². The Bertz CT molecular complexity index is 677. The summed E-state index contributed by atoms with van der Waals surface area (Å²) in [6.45, 7) is 2.38. The van der Waals surface area contributed by atoms with Gasteiger partial charge in [0, 0.05) is 18.5 Å². The van der Waals surface area contributed by atoms with Crippen LogP contribution >= 0.6 is 0 Å². The first-order valence-electron chi connectivity index (χ1n) is 6.23. The van der Waals surface area contributed by atoms with E-state index >= 15 is 0 Å². The summed E-state index contributed by atoms with van der Waals surface area (Å²) in [7, 11) is 0. The molecular formula is C13H13N5O2. The van der Waals surface area contributed by atoms with Crippen molar-refractivity contribution in [2.24, 2.45) is 0 Å². The Balaban J connectivity index is 1.58. The third-order valence-corrected chi connectivity index (χ3v) is 2.64. The van der Waals surface area contributed by atoms with Gasteiger partial charge in [-0.15, -0.1) is 0 Å². The quantitative estimate of drug-likeness (QED) is 0.759. The molecule has 0 bridgehead atoms. The summed E-state index contributed by atoms with van der Waals surface area (Å²) in [5, 5.41) is 10.6. The lowest BCUT2D eigenvalue weighted by atomic mass is 10.2. The van der Waals surface area contributed by atoms with Gasteiger partial charge in [-0.3, -0.25) is 0 Å². The predicted octanol–water partition coefficient (Wildman–Crippen LogP) is 2.08. The molecule has 1 aromatic carbocycles. The van der Waals surface area contributed by atoms with Crippen molar-refractivity contribution >= 4 is 5.95 Å². The van der Waals surface area contributed by atoms with E-state index in [-0.39, 0.29) is 0 Å². The van der Waals surface area contributed by atoms with Gasteiger partial charge in [0.15, 0.2) is 5.82 Å². The molecule has 7 nitrogen and oxygen atoms in total. The van der Waals surface area contributed by atoms with Crippen molar-refractivity contribution in [2.75, 3.05) is 11.9 Å². The Morgan fingerprint density at radius 1 is 1.05 bits per heavy atom. The number of nitrogens with one attached hydrogen (secondary N) is 1. The standard InChI is InChI=1S/C13H13N5O2/c1-9-15-11(19-17-9)7-8-14-13-16-12(20-18-13)10-5-3-2-4-6-10/h2-6H,7-8H2,1H3,(H,14,18). The number of aromatic nitrogens is 4. The molecule has 0 amide bonds. The largest absolute Gasteiger partial charge is 0.351 e. The van der Waals surface area contributed by atoms with Gasteiger partial charge in [-0.2, -0.15) is 9.97 Å². The van der Waals surface area contributed by atoms with Crippen molar-refractivity contribution in [1.82, 2.24) is 20.3 Å². The monoisotopic (exact) mass is 271 g/mol. The van der Waals surface area contributed by atoms with Crippen molar-refractivity contribution in [1.29, 1.82) is 0 Å². The third kappa shape index (κ3) is 2.82. The summed E-state index contributed by atoms with van der Waals surface area (Å²) in [5.41, 5.74) is 0.889. The van der Waals surface area contributed by atoms with Crippen LogP contribution < -0.4 is 5.32 Å². The maximum absolute atomic E-state index is 5.18. The molecular weight excluding hydrogens is 258 g/mol. The maximum Gasteiger partial charge on any atom is 0.263 e. The van der Waals surface area contributed by atoms with Crippen LogP contribution in [-0.4, -0.2) is 26.8 Å². The molecule has 0 saturated heterocycles. The summed E-state index contributed by atoms with van der Waals surface area (Å²) in [6, 6.07) is 9.61. The van der Waals surface area contributed by atoms with E-state index in [1.54, 1.807) is 6.92 Å². The number of aryl methyl sites for hydroxylation is 1. The normalized spacial score (nSPS) is 10.7. The van der Waals surface area contributed by atoms with Crippen LogP contribution in [0.2, 0.25) is 0 Å². The summed E-state index contributed by atoms with van der Waals surface area (Å²) in [6.07, 6.45) is 0.607. The van der Waals surface area contributed by atoms with Crippen molar-refractivity contribution in [2.45, 2.75) is 13.3 Å². The minimum Gasteiger partial charge on any atom is -0.351 e. The zero-order valence-electron chi connectivity index (χ0n) is 10.9. The van der Waals surface area contributed by atoms with Crippen LogP contribution in [0.1, 0.15) is 11.7 Å². The summed E-state index contributed by atoms with van der Waals surface area (Å²) in [5.74, 6) is 2.15. The Morgan fingerprint density at radius 3 is 2.65 bits per heavy atom. The summed E-state index contributed by atoms with van der Waals surface area (Å²) in [4.78, 5) is 8.37. The SMILES string of the molecule is Cc1noc(CCNc2noc(-c3ccccc3)n2)n1. The van der Waals surface area contributed by atoms with E-state index in [9.17, 15) is 0 Å². The number of hydrogen-bond acceptors (Lipinski definition) is 7. The van der Waals surface area contributed by atoms with Crippen LogP contribution in [0.4, 0.5) is 5.95 Å². The summed E-state index contributed by atoms with van der Waals surface area (Å²) < 4.78 is 10.2. The van der Waals surface area contributed by atoms with Crippen LogP contribution in [-0.2, 0) is 6.42 Å². The molecule has 1 N–H and O–H groups in total. The first-order chi connectivity index (χ1) is 9.81. The van der Waals surface area contributed by atoms with Gasteiger partial charge in [0.25, 0.3) is 11.8 Å². The third-order valence-electron chi connectivity index (χ3n) is 2.64. The van der Waals surface area contributed by atoms with Gasteiger partial charge in [-0.25, -0.2) is 0 Å². The zero-order chi connectivity index (χ0) is 13.8. The van der Waals surface area contributed by atoms with E-state index in [0.717, 1.165) is 5.56 Å². The lowest BCUT2D eigenvalue weighted by molar-refractivity contribution is 0.377. The van der Waals surface area contributed by atoms with E-state index in [1.807, 2.05) is 30.3 Å². The smallest absolute Gasteiger partial charge is 0.263 e. The molecule has 2 heterocycles. The topological polar surface area (TPSA) is 89.9 Å². The van der Waals surface area contributed by atoms with Gasteiger partial charge >= 0.3 is 0 Å². The fourth-order valence-corrected chi connectivity index (χ4v) is 1.72. The minimum absolute atomic E-state index is 0.445. The average molecular weight is 271 g/mol. The van der Waals surface area contributed by atoms with Gasteiger partial charge in [0.05, 0.1) is 0 Å². The molecule has 0 aliphatic carbocycles. The molecule has 0 fully saturated rings. The Kier molecular flexibility index (Phi) is 3.40. The minimum atomic E-state index is 0.445. The number of rotatable bonds is 5. The first kappa shape index (κ1) is 12.3. The van der Waals surface area contributed by atoms with Gasteiger partial charge in [-0.1, -0.05) is 23.4 Å². The zero-order valence-corrected chi connectivity index (χ0v) is 10.9. The highest BCUT2D eigenvalue weighted by molar-refractivity contribution is 5.53. The second-order valence-electron chi connectivity index (χ2n) is 4.20. The molecule has 102 valence electrons. The van der Waals surface area contributed by atoms with E-state index in [0.29, 0.717) is 36.5 Å².